The number of thioether (sulfide) groups is 1. The number of thiophene rings is 1. The largest absolute Gasteiger partial charge is 0.494 e. The Morgan fingerprint density at radius 1 is 1.36 bits per heavy atom. The Bertz CT molecular complexity index is 910. The molecule has 2 heterocycles. The van der Waals surface area contributed by atoms with Crippen LogP contribution in [-0.2, 0) is 17.8 Å². The Hall–Kier alpha value is -1.57. The number of thiazole rings is 1. The fourth-order valence-corrected chi connectivity index (χ4v) is 4.67. The molecule has 3 aromatic rings. The van der Waals surface area contributed by atoms with E-state index in [9.17, 15) is 4.79 Å². The highest BCUT2D eigenvalue weighted by molar-refractivity contribution is 7.98. The summed E-state index contributed by atoms with van der Waals surface area (Å²) in [4.78, 5) is 18.6. The lowest BCUT2D eigenvalue weighted by Crippen LogP contribution is -2.18. The Balaban J connectivity index is 1.98. The van der Waals surface area contributed by atoms with Gasteiger partial charge in [0.1, 0.15) is 5.75 Å². The second-order valence-electron chi connectivity index (χ2n) is 5.35. The molecule has 0 spiro atoms. The van der Waals surface area contributed by atoms with Gasteiger partial charge in [-0.05, 0) is 42.8 Å². The first-order valence-corrected chi connectivity index (χ1v) is 11.2. The van der Waals surface area contributed by atoms with Crippen molar-refractivity contribution in [1.82, 2.24) is 4.57 Å². The van der Waals surface area contributed by atoms with E-state index in [1.165, 1.54) is 0 Å². The van der Waals surface area contributed by atoms with E-state index in [1.54, 1.807) is 34.4 Å². The number of amides is 1. The molecule has 0 aliphatic carbocycles. The van der Waals surface area contributed by atoms with Crippen molar-refractivity contribution < 1.29 is 9.53 Å². The van der Waals surface area contributed by atoms with Crippen LogP contribution in [0.4, 0.5) is 0 Å². The summed E-state index contributed by atoms with van der Waals surface area (Å²) >= 11 is 4.92. The molecule has 7 heteroatoms. The van der Waals surface area contributed by atoms with Gasteiger partial charge in [-0.2, -0.15) is 16.8 Å². The maximum atomic E-state index is 12.4. The second kappa shape index (κ2) is 8.69. The molecule has 132 valence electrons. The van der Waals surface area contributed by atoms with Gasteiger partial charge in [0, 0.05) is 17.2 Å². The minimum absolute atomic E-state index is 0.100. The van der Waals surface area contributed by atoms with Crippen molar-refractivity contribution in [2.45, 2.75) is 19.9 Å². The molecule has 25 heavy (non-hydrogen) atoms. The van der Waals surface area contributed by atoms with E-state index in [2.05, 4.69) is 21.9 Å². The van der Waals surface area contributed by atoms with Crippen molar-refractivity contribution in [3.63, 3.8) is 0 Å². The molecule has 1 amide bonds. The highest BCUT2D eigenvalue weighted by Gasteiger charge is 2.10. The van der Waals surface area contributed by atoms with E-state index < -0.39 is 0 Å². The summed E-state index contributed by atoms with van der Waals surface area (Å²) in [6.07, 6.45) is 2.44. The van der Waals surface area contributed by atoms with Crippen molar-refractivity contribution in [3.8, 4) is 5.75 Å². The Morgan fingerprint density at radius 3 is 2.96 bits per heavy atom. The lowest BCUT2D eigenvalue weighted by Gasteiger charge is -2.05. The summed E-state index contributed by atoms with van der Waals surface area (Å²) in [7, 11) is 0. The lowest BCUT2D eigenvalue weighted by atomic mass is 10.3. The van der Waals surface area contributed by atoms with Crippen LogP contribution in [-0.4, -0.2) is 29.1 Å². The van der Waals surface area contributed by atoms with E-state index in [0.29, 0.717) is 13.0 Å². The molecule has 0 saturated heterocycles. The number of carbonyl (C=O) groups is 1. The van der Waals surface area contributed by atoms with Crippen LogP contribution >= 0.6 is 34.4 Å². The molecule has 0 radical (unpaired) electrons. The Morgan fingerprint density at radius 2 is 2.24 bits per heavy atom. The van der Waals surface area contributed by atoms with Crippen molar-refractivity contribution >= 4 is 50.6 Å². The number of hydrogen-bond acceptors (Lipinski definition) is 5. The van der Waals surface area contributed by atoms with Crippen molar-refractivity contribution in [2.24, 2.45) is 4.99 Å². The van der Waals surface area contributed by atoms with Crippen LogP contribution in [0.1, 0.15) is 11.8 Å². The second-order valence-corrected chi connectivity index (χ2v) is 8.38. The number of carbonyl (C=O) groups excluding carboxylic acids is 1. The molecular formula is C18H20N2O2S3. The minimum Gasteiger partial charge on any atom is -0.494 e. The molecule has 4 nitrogen and oxygen atoms in total. The summed E-state index contributed by atoms with van der Waals surface area (Å²) in [5.41, 5.74) is 1.10. The van der Waals surface area contributed by atoms with Crippen LogP contribution in [0.3, 0.4) is 0 Å². The predicted octanol–water partition coefficient (Wildman–Crippen LogP) is 4.20. The molecule has 0 aliphatic rings. The SMILES string of the molecule is CCOc1ccc2c(c1)sc(=NC(=O)Cc1cccs1)n2CCSC. The first kappa shape index (κ1) is 18.2. The minimum atomic E-state index is -0.100. The first-order valence-electron chi connectivity index (χ1n) is 8.06. The fourth-order valence-electron chi connectivity index (χ4n) is 2.50. The molecule has 0 aliphatic heterocycles. The van der Waals surface area contributed by atoms with Gasteiger partial charge in [0.25, 0.3) is 5.91 Å². The Labute approximate surface area is 159 Å². The predicted molar refractivity (Wildman–Crippen MR) is 108 cm³/mol. The summed E-state index contributed by atoms with van der Waals surface area (Å²) in [6.45, 7) is 3.45. The number of fused-ring (bicyclic) bond motifs is 1. The standard InChI is InChI=1S/C18H20N2O2S3/c1-3-22-13-6-7-15-16(11-13)25-18(20(15)8-10-23-2)19-17(21)12-14-5-4-9-24-14/h4-7,9,11H,3,8,10,12H2,1-2H3. The first-order chi connectivity index (χ1) is 12.2. The van der Waals surface area contributed by atoms with Crippen LogP contribution in [0, 0.1) is 0 Å². The quantitative estimate of drug-likeness (QED) is 0.605. The third-order valence-corrected chi connectivity index (χ3v) is 6.12. The molecule has 0 bridgehead atoms. The van der Waals surface area contributed by atoms with Crippen LogP contribution in [0.25, 0.3) is 10.2 Å². The number of rotatable bonds is 7. The third-order valence-electron chi connectivity index (χ3n) is 3.61. The van der Waals surface area contributed by atoms with Crippen LogP contribution in [0.5, 0.6) is 5.75 Å². The zero-order valence-electron chi connectivity index (χ0n) is 14.2. The molecule has 0 saturated carbocycles. The van der Waals surface area contributed by atoms with Gasteiger partial charge in [0.15, 0.2) is 4.80 Å². The van der Waals surface area contributed by atoms with Gasteiger partial charge >= 0.3 is 0 Å². The average Bonchev–Trinajstić information content (AvgIpc) is 3.20. The maximum Gasteiger partial charge on any atom is 0.253 e. The van der Waals surface area contributed by atoms with Crippen molar-refractivity contribution in [1.29, 1.82) is 0 Å². The van der Waals surface area contributed by atoms with Gasteiger partial charge in [0.05, 0.1) is 23.2 Å². The molecule has 2 aromatic heterocycles. The average molecular weight is 393 g/mol. The molecule has 1 aromatic carbocycles. The molecule has 0 fully saturated rings. The normalized spacial score (nSPS) is 12.0. The van der Waals surface area contributed by atoms with Crippen LogP contribution in [0.2, 0.25) is 0 Å². The molecule has 0 unspecified atom stereocenters. The zero-order valence-corrected chi connectivity index (χ0v) is 16.7. The fraction of sp³-hybridized carbons (Fsp3) is 0.333. The monoisotopic (exact) mass is 392 g/mol. The maximum absolute atomic E-state index is 12.4. The summed E-state index contributed by atoms with van der Waals surface area (Å²) < 4.78 is 8.82. The van der Waals surface area contributed by atoms with Crippen molar-refractivity contribution in [3.05, 3.63) is 45.4 Å². The molecule has 3 rings (SSSR count). The number of nitrogens with zero attached hydrogens (tertiary/aromatic N) is 2. The molecule has 0 atom stereocenters. The zero-order chi connectivity index (χ0) is 17.6. The molecular weight excluding hydrogens is 372 g/mol. The number of hydrogen-bond donors (Lipinski definition) is 0. The Kier molecular flexibility index (Phi) is 6.34. The van der Waals surface area contributed by atoms with E-state index >= 15 is 0 Å². The van der Waals surface area contributed by atoms with E-state index in [4.69, 9.17) is 4.74 Å². The highest BCUT2D eigenvalue weighted by atomic mass is 32.2. The number of ether oxygens (including phenoxy) is 1. The third kappa shape index (κ3) is 4.54. The van der Waals surface area contributed by atoms with E-state index in [0.717, 1.165) is 37.9 Å². The lowest BCUT2D eigenvalue weighted by molar-refractivity contribution is -0.117. The topological polar surface area (TPSA) is 43.6 Å². The van der Waals surface area contributed by atoms with Gasteiger partial charge in [-0.15, -0.1) is 11.3 Å². The van der Waals surface area contributed by atoms with Gasteiger partial charge in [-0.25, -0.2) is 0 Å². The highest BCUT2D eigenvalue weighted by Crippen LogP contribution is 2.23. The number of aryl methyl sites for hydroxylation is 1. The van der Waals surface area contributed by atoms with Crippen molar-refractivity contribution in [2.75, 3.05) is 18.6 Å². The smallest absolute Gasteiger partial charge is 0.253 e. The number of aromatic nitrogens is 1. The van der Waals surface area contributed by atoms with E-state index in [1.807, 2.05) is 36.6 Å². The van der Waals surface area contributed by atoms with Crippen LogP contribution in [0.15, 0.2) is 40.7 Å². The van der Waals surface area contributed by atoms with Gasteiger partial charge in [-0.3, -0.25) is 4.79 Å². The summed E-state index contributed by atoms with van der Waals surface area (Å²) in [6, 6.07) is 9.99. The van der Waals surface area contributed by atoms with Gasteiger partial charge in [0.2, 0.25) is 0 Å². The number of benzene rings is 1. The van der Waals surface area contributed by atoms with Gasteiger partial charge < -0.3 is 9.30 Å². The summed E-state index contributed by atoms with van der Waals surface area (Å²) in [5.74, 6) is 1.73. The molecule has 0 N–H and O–H groups in total. The summed E-state index contributed by atoms with van der Waals surface area (Å²) in [5, 5.41) is 1.98. The van der Waals surface area contributed by atoms with Crippen LogP contribution < -0.4 is 9.54 Å². The van der Waals surface area contributed by atoms with Gasteiger partial charge in [-0.1, -0.05) is 17.4 Å². The van der Waals surface area contributed by atoms with E-state index in [-0.39, 0.29) is 5.91 Å².